The van der Waals surface area contributed by atoms with Crippen molar-refractivity contribution in [2.24, 2.45) is 5.73 Å². The fourth-order valence-electron chi connectivity index (χ4n) is 1.70. The van der Waals surface area contributed by atoms with Crippen LogP contribution in [-0.4, -0.2) is 19.0 Å². The summed E-state index contributed by atoms with van der Waals surface area (Å²) < 4.78 is 0. The van der Waals surface area contributed by atoms with Crippen molar-refractivity contribution < 1.29 is 4.79 Å². The first-order valence-electron chi connectivity index (χ1n) is 5.00. The predicted octanol–water partition coefficient (Wildman–Crippen LogP) is 1.18. The van der Waals surface area contributed by atoms with Crippen LogP contribution in [0.1, 0.15) is 22.3 Å². The number of nitrogens with two attached hydrogens (primary N) is 1. The fourth-order valence-corrected chi connectivity index (χ4v) is 1.70. The number of hydrogen-bond acceptors (Lipinski definition) is 1. The van der Waals surface area contributed by atoms with Crippen LogP contribution in [0.25, 0.3) is 5.57 Å². The van der Waals surface area contributed by atoms with Crippen molar-refractivity contribution in [3.8, 4) is 0 Å². The van der Waals surface area contributed by atoms with Crippen LogP contribution in [-0.2, 0) is 0 Å². The molecule has 0 aromatic heterocycles. The Morgan fingerprint density at radius 3 is 2.93 bits per heavy atom. The summed E-state index contributed by atoms with van der Waals surface area (Å²) in [4.78, 5) is 11.0. The molecule has 15 heavy (non-hydrogen) atoms. The van der Waals surface area contributed by atoms with Crippen molar-refractivity contribution >= 4 is 11.5 Å². The molecular weight excluding hydrogens is 188 g/mol. The molecule has 0 saturated carbocycles. The van der Waals surface area contributed by atoms with Crippen molar-refractivity contribution in [1.82, 2.24) is 5.32 Å². The number of nitrogens with zero attached hydrogens (tertiary/aromatic N) is 1. The van der Waals surface area contributed by atoms with E-state index < -0.39 is 0 Å². The Bertz CT molecular complexity index is 410. The number of carbonyl (C=O) groups is 1. The molecule has 0 aliphatic carbocycles. The van der Waals surface area contributed by atoms with E-state index >= 15 is 0 Å². The highest BCUT2D eigenvalue weighted by Crippen LogP contribution is 2.20. The van der Waals surface area contributed by atoms with E-state index in [4.69, 9.17) is 5.73 Å². The van der Waals surface area contributed by atoms with Gasteiger partial charge in [-0.3, -0.25) is 4.79 Å². The number of primary amides is 1. The van der Waals surface area contributed by atoms with Crippen LogP contribution < -0.4 is 11.1 Å². The third-order valence-electron chi connectivity index (χ3n) is 2.52. The van der Waals surface area contributed by atoms with Crippen molar-refractivity contribution in [2.75, 3.05) is 13.1 Å². The zero-order valence-corrected chi connectivity index (χ0v) is 8.44. The number of amides is 1. The molecule has 0 unspecified atom stereocenters. The predicted molar refractivity (Wildman–Crippen MR) is 59.4 cm³/mol. The van der Waals surface area contributed by atoms with Gasteiger partial charge in [-0.1, -0.05) is 18.2 Å². The van der Waals surface area contributed by atoms with Gasteiger partial charge >= 0.3 is 0 Å². The van der Waals surface area contributed by atoms with Crippen LogP contribution in [0.2, 0.25) is 0 Å². The summed E-state index contributed by atoms with van der Waals surface area (Å²) in [6.07, 6.45) is 3.05. The molecule has 0 saturated heterocycles. The van der Waals surface area contributed by atoms with Gasteiger partial charge in [-0.05, 0) is 29.7 Å². The Morgan fingerprint density at radius 1 is 1.40 bits per heavy atom. The van der Waals surface area contributed by atoms with Gasteiger partial charge in [-0.2, -0.15) is 0 Å². The number of benzene rings is 1. The third kappa shape index (κ3) is 2.25. The van der Waals surface area contributed by atoms with E-state index in [0.717, 1.165) is 25.1 Å². The Labute approximate surface area is 89.0 Å². The molecule has 0 spiro atoms. The first-order valence-corrected chi connectivity index (χ1v) is 5.00. The number of hydrogen-bond donors (Lipinski definition) is 1. The molecule has 0 fully saturated rings. The first-order chi connectivity index (χ1) is 7.27. The lowest BCUT2D eigenvalue weighted by Gasteiger charge is -2.13. The van der Waals surface area contributed by atoms with Crippen molar-refractivity contribution in [1.29, 1.82) is 0 Å². The van der Waals surface area contributed by atoms with Gasteiger partial charge in [0.25, 0.3) is 0 Å². The average Bonchev–Trinajstić information content (AvgIpc) is 2.30. The Hall–Kier alpha value is -1.61. The monoisotopic (exact) mass is 201 g/mol. The lowest BCUT2D eigenvalue weighted by Crippen LogP contribution is -2.14. The maximum absolute atomic E-state index is 11.0. The van der Waals surface area contributed by atoms with Crippen LogP contribution in [0.4, 0.5) is 0 Å². The van der Waals surface area contributed by atoms with Gasteiger partial charge in [0.05, 0.1) is 0 Å². The van der Waals surface area contributed by atoms with Crippen LogP contribution >= 0.6 is 0 Å². The molecule has 0 atom stereocenters. The van der Waals surface area contributed by atoms with E-state index in [1.54, 1.807) is 6.07 Å². The van der Waals surface area contributed by atoms with Gasteiger partial charge in [0.1, 0.15) is 0 Å². The molecule has 0 bridgehead atoms. The summed E-state index contributed by atoms with van der Waals surface area (Å²) in [6, 6.07) is 7.45. The van der Waals surface area contributed by atoms with Gasteiger partial charge in [0.15, 0.2) is 0 Å². The summed E-state index contributed by atoms with van der Waals surface area (Å²) in [5, 5.41) is 4.24. The van der Waals surface area contributed by atoms with E-state index in [0.29, 0.717) is 5.56 Å². The Balaban J connectivity index is 2.31. The van der Waals surface area contributed by atoms with Crippen LogP contribution in [0.15, 0.2) is 30.3 Å². The maximum Gasteiger partial charge on any atom is 0.248 e. The zero-order chi connectivity index (χ0) is 10.7. The summed E-state index contributed by atoms with van der Waals surface area (Å²) in [6.45, 7) is 1.64. The summed E-state index contributed by atoms with van der Waals surface area (Å²) in [7, 11) is 0. The number of rotatable bonds is 2. The second-order valence-electron chi connectivity index (χ2n) is 3.55. The normalized spacial score (nSPS) is 15.9. The van der Waals surface area contributed by atoms with Gasteiger partial charge in [0.2, 0.25) is 5.91 Å². The van der Waals surface area contributed by atoms with Gasteiger partial charge < -0.3 is 5.73 Å². The fraction of sp³-hybridized carbons (Fsp3) is 0.250. The smallest absolute Gasteiger partial charge is 0.248 e. The Kier molecular flexibility index (Phi) is 2.83. The van der Waals surface area contributed by atoms with E-state index in [1.165, 1.54) is 5.57 Å². The van der Waals surface area contributed by atoms with Crippen molar-refractivity contribution in [2.45, 2.75) is 6.42 Å². The zero-order valence-electron chi connectivity index (χ0n) is 8.44. The molecule has 1 aromatic carbocycles. The molecular formula is C12H13N2O. The minimum atomic E-state index is -0.377. The molecule has 1 aliphatic rings. The standard InChI is InChI=1S/C12H13N2O/c13-12(15)11-3-1-2-10(8-11)9-4-6-14-7-5-9/h1-4,8H,5-7H2,(H2,13,15). The molecule has 1 radical (unpaired) electrons. The molecule has 3 nitrogen and oxygen atoms in total. The van der Waals surface area contributed by atoms with E-state index in [9.17, 15) is 4.79 Å². The first kappa shape index (κ1) is 9.93. The van der Waals surface area contributed by atoms with Crippen molar-refractivity contribution in [3.05, 3.63) is 41.5 Å². The number of carbonyl (C=O) groups excluding carboxylic acids is 1. The minimum Gasteiger partial charge on any atom is -0.366 e. The van der Waals surface area contributed by atoms with Crippen LogP contribution in [0.5, 0.6) is 0 Å². The SMILES string of the molecule is NC(=O)c1cccc(C2=CC[N]CC2)c1. The topological polar surface area (TPSA) is 57.2 Å². The summed E-state index contributed by atoms with van der Waals surface area (Å²) in [5.74, 6) is -0.377. The molecule has 2 rings (SSSR count). The molecule has 1 amide bonds. The van der Waals surface area contributed by atoms with E-state index in [-0.39, 0.29) is 5.91 Å². The molecule has 1 aliphatic heterocycles. The highest BCUT2D eigenvalue weighted by Gasteiger charge is 2.08. The maximum atomic E-state index is 11.0. The third-order valence-corrected chi connectivity index (χ3v) is 2.52. The highest BCUT2D eigenvalue weighted by molar-refractivity contribution is 5.93. The summed E-state index contributed by atoms with van der Waals surface area (Å²) in [5.41, 5.74) is 8.14. The lowest BCUT2D eigenvalue weighted by atomic mass is 9.98. The van der Waals surface area contributed by atoms with Gasteiger partial charge in [-0.25, -0.2) is 5.32 Å². The average molecular weight is 201 g/mol. The molecule has 2 N–H and O–H groups in total. The summed E-state index contributed by atoms with van der Waals surface area (Å²) >= 11 is 0. The lowest BCUT2D eigenvalue weighted by molar-refractivity contribution is 0.100. The van der Waals surface area contributed by atoms with E-state index in [1.807, 2.05) is 18.2 Å². The van der Waals surface area contributed by atoms with Crippen LogP contribution in [0, 0.1) is 0 Å². The molecule has 3 heteroatoms. The second kappa shape index (κ2) is 4.28. The van der Waals surface area contributed by atoms with E-state index in [2.05, 4.69) is 11.4 Å². The van der Waals surface area contributed by atoms with Crippen molar-refractivity contribution in [3.63, 3.8) is 0 Å². The molecule has 77 valence electrons. The largest absolute Gasteiger partial charge is 0.366 e. The van der Waals surface area contributed by atoms with Gasteiger partial charge in [-0.15, -0.1) is 0 Å². The van der Waals surface area contributed by atoms with Crippen LogP contribution in [0.3, 0.4) is 0 Å². The quantitative estimate of drug-likeness (QED) is 0.767. The second-order valence-corrected chi connectivity index (χ2v) is 3.55. The van der Waals surface area contributed by atoms with Gasteiger partial charge in [0, 0.05) is 18.7 Å². The minimum absolute atomic E-state index is 0.377. The highest BCUT2D eigenvalue weighted by atomic mass is 16.1. The molecule has 1 aromatic rings. The molecule has 1 heterocycles. The Morgan fingerprint density at radius 2 is 2.27 bits per heavy atom.